The summed E-state index contributed by atoms with van der Waals surface area (Å²) in [4.78, 5) is 12.6. The minimum Gasteiger partial charge on any atom is -0.398 e. The van der Waals surface area contributed by atoms with E-state index >= 15 is 0 Å². The molecule has 19 heavy (non-hydrogen) atoms. The number of anilines is 2. The summed E-state index contributed by atoms with van der Waals surface area (Å²) in [5, 5.41) is 10.9. The number of rotatable bonds is 3. The molecule has 1 fully saturated rings. The van der Waals surface area contributed by atoms with Crippen LogP contribution in [-0.4, -0.2) is 18.0 Å². The maximum absolute atomic E-state index is 10.9. The smallest absolute Gasteiger partial charge is 0.273 e. The van der Waals surface area contributed by atoms with Crippen molar-refractivity contribution in [3.63, 3.8) is 0 Å². The second-order valence-corrected chi connectivity index (χ2v) is 5.58. The Morgan fingerprint density at radius 2 is 2.11 bits per heavy atom. The van der Waals surface area contributed by atoms with Crippen LogP contribution in [0.5, 0.6) is 0 Å². The molecule has 0 aliphatic heterocycles. The number of nitro groups is 1. The normalized spacial score (nSPS) is 23.1. The van der Waals surface area contributed by atoms with Crippen LogP contribution in [0.2, 0.25) is 0 Å². The van der Waals surface area contributed by atoms with Gasteiger partial charge in [0.25, 0.3) is 5.69 Å². The van der Waals surface area contributed by atoms with Gasteiger partial charge in [0.2, 0.25) is 0 Å². The van der Waals surface area contributed by atoms with Gasteiger partial charge in [0.15, 0.2) is 0 Å². The summed E-state index contributed by atoms with van der Waals surface area (Å²) < 4.78 is 0. The van der Waals surface area contributed by atoms with E-state index in [4.69, 9.17) is 5.73 Å². The first kappa shape index (κ1) is 13.6. The van der Waals surface area contributed by atoms with Gasteiger partial charge >= 0.3 is 0 Å². The van der Waals surface area contributed by atoms with Crippen molar-refractivity contribution in [1.82, 2.24) is 0 Å². The molecule has 104 valence electrons. The van der Waals surface area contributed by atoms with Crippen molar-refractivity contribution in [3.8, 4) is 0 Å². The summed E-state index contributed by atoms with van der Waals surface area (Å²) in [6.45, 7) is 2.27. The third kappa shape index (κ3) is 3.16. The number of hydrogen-bond donors (Lipinski definition) is 1. The fourth-order valence-corrected chi connectivity index (χ4v) is 2.89. The molecule has 2 atom stereocenters. The van der Waals surface area contributed by atoms with E-state index in [9.17, 15) is 10.1 Å². The molecule has 0 radical (unpaired) electrons. The van der Waals surface area contributed by atoms with Crippen LogP contribution in [-0.2, 0) is 0 Å². The second kappa shape index (κ2) is 5.47. The maximum Gasteiger partial charge on any atom is 0.273 e. The van der Waals surface area contributed by atoms with Gasteiger partial charge in [-0.3, -0.25) is 10.1 Å². The Morgan fingerprint density at radius 1 is 1.37 bits per heavy atom. The number of nitrogens with two attached hydrogens (primary N) is 1. The summed E-state index contributed by atoms with van der Waals surface area (Å²) in [6, 6.07) is 5.27. The van der Waals surface area contributed by atoms with E-state index in [0.29, 0.717) is 11.7 Å². The van der Waals surface area contributed by atoms with Crippen LogP contribution in [0, 0.1) is 16.0 Å². The summed E-state index contributed by atoms with van der Waals surface area (Å²) in [5.41, 5.74) is 7.10. The molecule has 2 rings (SSSR count). The SMILES string of the molecule is CC1CCCC(N(C)c2cc(N)cc([N+](=O)[O-])c2)C1. The van der Waals surface area contributed by atoms with Gasteiger partial charge in [-0.05, 0) is 24.8 Å². The largest absolute Gasteiger partial charge is 0.398 e. The topological polar surface area (TPSA) is 72.4 Å². The van der Waals surface area contributed by atoms with Gasteiger partial charge in [-0.25, -0.2) is 0 Å². The summed E-state index contributed by atoms with van der Waals surface area (Å²) in [5.74, 6) is 0.720. The fourth-order valence-electron chi connectivity index (χ4n) is 2.89. The van der Waals surface area contributed by atoms with Crippen molar-refractivity contribution in [3.05, 3.63) is 28.3 Å². The highest BCUT2D eigenvalue weighted by molar-refractivity contribution is 5.62. The Balaban J connectivity index is 2.22. The van der Waals surface area contributed by atoms with Crippen LogP contribution in [0.4, 0.5) is 17.1 Å². The second-order valence-electron chi connectivity index (χ2n) is 5.58. The Hall–Kier alpha value is -1.78. The molecule has 1 saturated carbocycles. The van der Waals surface area contributed by atoms with E-state index in [0.717, 1.165) is 24.4 Å². The van der Waals surface area contributed by atoms with E-state index in [2.05, 4.69) is 11.8 Å². The molecule has 1 aliphatic carbocycles. The molecule has 0 bridgehead atoms. The molecule has 0 amide bonds. The van der Waals surface area contributed by atoms with Crippen LogP contribution in [0.25, 0.3) is 0 Å². The minimum atomic E-state index is -0.392. The molecule has 2 unspecified atom stereocenters. The molecule has 0 heterocycles. The third-order valence-corrected chi connectivity index (χ3v) is 4.00. The first-order chi connectivity index (χ1) is 8.97. The van der Waals surface area contributed by atoms with Crippen molar-refractivity contribution >= 4 is 17.1 Å². The Kier molecular flexibility index (Phi) is 3.93. The highest BCUT2D eigenvalue weighted by atomic mass is 16.6. The molecule has 5 heteroatoms. The zero-order valence-corrected chi connectivity index (χ0v) is 11.5. The van der Waals surface area contributed by atoms with Crippen molar-refractivity contribution in [2.45, 2.75) is 38.6 Å². The van der Waals surface area contributed by atoms with E-state index in [-0.39, 0.29) is 5.69 Å². The highest BCUT2D eigenvalue weighted by Crippen LogP contribution is 2.32. The van der Waals surface area contributed by atoms with Gasteiger partial charge < -0.3 is 10.6 Å². The molecule has 0 spiro atoms. The molecule has 1 aromatic carbocycles. The van der Waals surface area contributed by atoms with Crippen molar-refractivity contribution < 1.29 is 4.92 Å². The summed E-state index contributed by atoms with van der Waals surface area (Å²) >= 11 is 0. The Morgan fingerprint density at radius 3 is 2.74 bits per heavy atom. The predicted octanol–water partition coefficient (Wildman–Crippen LogP) is 3.19. The van der Waals surface area contributed by atoms with Crippen LogP contribution in [0.1, 0.15) is 32.6 Å². The summed E-state index contributed by atoms with van der Waals surface area (Å²) in [7, 11) is 2.00. The molecule has 0 saturated heterocycles. The van der Waals surface area contributed by atoms with Gasteiger partial charge in [0.05, 0.1) is 4.92 Å². The van der Waals surface area contributed by atoms with Crippen LogP contribution >= 0.6 is 0 Å². The number of hydrogen-bond acceptors (Lipinski definition) is 4. The predicted molar refractivity (Wildman–Crippen MR) is 77.3 cm³/mol. The van der Waals surface area contributed by atoms with Crippen molar-refractivity contribution in [2.24, 2.45) is 5.92 Å². The zero-order chi connectivity index (χ0) is 14.0. The number of nitrogens with zero attached hydrogens (tertiary/aromatic N) is 2. The maximum atomic E-state index is 10.9. The lowest BCUT2D eigenvalue weighted by molar-refractivity contribution is -0.384. The van der Waals surface area contributed by atoms with Gasteiger partial charge in [-0.1, -0.05) is 19.8 Å². The third-order valence-electron chi connectivity index (χ3n) is 4.00. The average molecular weight is 263 g/mol. The van der Waals surface area contributed by atoms with Gasteiger partial charge in [-0.2, -0.15) is 0 Å². The zero-order valence-electron chi connectivity index (χ0n) is 11.5. The van der Waals surface area contributed by atoms with E-state index in [1.807, 2.05) is 13.1 Å². The van der Waals surface area contributed by atoms with Crippen LogP contribution in [0.3, 0.4) is 0 Å². The van der Waals surface area contributed by atoms with E-state index < -0.39 is 4.92 Å². The number of benzene rings is 1. The first-order valence-corrected chi connectivity index (χ1v) is 6.75. The molecule has 2 N–H and O–H groups in total. The highest BCUT2D eigenvalue weighted by Gasteiger charge is 2.23. The average Bonchev–Trinajstić information content (AvgIpc) is 2.37. The van der Waals surface area contributed by atoms with Crippen LogP contribution < -0.4 is 10.6 Å². The quantitative estimate of drug-likeness (QED) is 0.516. The molecular formula is C14H21N3O2. The lowest BCUT2D eigenvalue weighted by Gasteiger charge is -2.35. The van der Waals surface area contributed by atoms with Gasteiger partial charge in [0.1, 0.15) is 0 Å². The number of nitro benzene ring substituents is 1. The van der Waals surface area contributed by atoms with Crippen molar-refractivity contribution in [1.29, 1.82) is 0 Å². The molecule has 1 aromatic rings. The standard InChI is InChI=1S/C14H21N3O2/c1-10-4-3-5-12(6-10)16(2)13-7-11(15)8-14(9-13)17(18)19/h7-10,12H,3-6,15H2,1-2H3. The molecular weight excluding hydrogens is 242 g/mol. The van der Waals surface area contributed by atoms with Crippen LogP contribution in [0.15, 0.2) is 18.2 Å². The Labute approximate surface area is 113 Å². The number of non-ortho nitro benzene ring substituents is 1. The van der Waals surface area contributed by atoms with E-state index in [1.165, 1.54) is 18.9 Å². The minimum absolute atomic E-state index is 0.0608. The summed E-state index contributed by atoms with van der Waals surface area (Å²) in [6.07, 6.45) is 4.78. The van der Waals surface area contributed by atoms with Crippen molar-refractivity contribution in [2.75, 3.05) is 17.7 Å². The lowest BCUT2D eigenvalue weighted by Crippen LogP contribution is -2.35. The molecule has 0 aromatic heterocycles. The van der Waals surface area contributed by atoms with Gasteiger partial charge in [-0.15, -0.1) is 0 Å². The monoisotopic (exact) mass is 263 g/mol. The number of nitrogen functional groups attached to an aromatic ring is 1. The molecule has 5 nitrogen and oxygen atoms in total. The lowest BCUT2D eigenvalue weighted by atomic mass is 9.86. The van der Waals surface area contributed by atoms with E-state index in [1.54, 1.807) is 6.07 Å². The van der Waals surface area contributed by atoms with Gasteiger partial charge in [0, 0.05) is 36.6 Å². The first-order valence-electron chi connectivity index (χ1n) is 6.75. The molecule has 1 aliphatic rings. The fraction of sp³-hybridized carbons (Fsp3) is 0.571. The Bertz CT molecular complexity index is 476.